The molecular weight excluding hydrogens is 344 g/mol. The summed E-state index contributed by atoms with van der Waals surface area (Å²) in [5, 5.41) is 22.0. The first-order valence-electron chi connectivity index (χ1n) is 8.18. The lowest BCUT2D eigenvalue weighted by atomic mass is 10.0. The van der Waals surface area contributed by atoms with E-state index in [-0.39, 0.29) is 23.8 Å². The second-order valence-electron chi connectivity index (χ2n) is 6.75. The van der Waals surface area contributed by atoms with E-state index in [9.17, 15) is 23.4 Å². The number of amides is 1. The number of rotatable bonds is 9. The molecule has 0 saturated carbocycles. The number of aliphatic hydroxyl groups is 2. The Hall–Kier alpha value is -1.48. The standard InChI is InChI=1S/C17H28N2O5S/c1-11(2)8-13(10-20)19-17(22)16(21)15(18)9-12-4-6-14(7-5-12)25(3,23)24/h4-7,11,13,15-16,20-21H,8-10,18H2,1-3H3,(H,19,22)/t13-,15+,16-/m0/s1. The van der Waals surface area contributed by atoms with Gasteiger partial charge in [-0.15, -0.1) is 0 Å². The molecule has 0 saturated heterocycles. The maximum Gasteiger partial charge on any atom is 0.250 e. The van der Waals surface area contributed by atoms with E-state index >= 15 is 0 Å². The number of aliphatic hydroxyl groups excluding tert-OH is 2. The summed E-state index contributed by atoms with van der Waals surface area (Å²) in [5.41, 5.74) is 6.62. The van der Waals surface area contributed by atoms with Crippen LogP contribution in [0.1, 0.15) is 25.8 Å². The zero-order valence-electron chi connectivity index (χ0n) is 14.8. The van der Waals surface area contributed by atoms with E-state index in [0.29, 0.717) is 12.0 Å². The van der Waals surface area contributed by atoms with Gasteiger partial charge in [0.15, 0.2) is 9.84 Å². The van der Waals surface area contributed by atoms with Gasteiger partial charge in [-0.2, -0.15) is 0 Å². The molecule has 1 amide bonds. The van der Waals surface area contributed by atoms with Crippen molar-refractivity contribution in [3.8, 4) is 0 Å². The smallest absolute Gasteiger partial charge is 0.250 e. The van der Waals surface area contributed by atoms with Gasteiger partial charge in [-0.25, -0.2) is 8.42 Å². The van der Waals surface area contributed by atoms with Crippen LogP contribution >= 0.6 is 0 Å². The highest BCUT2D eigenvalue weighted by atomic mass is 32.2. The first kappa shape index (κ1) is 21.6. The molecule has 0 radical (unpaired) electrons. The summed E-state index contributed by atoms with van der Waals surface area (Å²) in [6, 6.07) is 4.88. The van der Waals surface area contributed by atoms with Crippen LogP contribution in [0.15, 0.2) is 29.2 Å². The highest BCUT2D eigenvalue weighted by molar-refractivity contribution is 7.90. The molecule has 7 nitrogen and oxygen atoms in total. The molecule has 1 aromatic carbocycles. The number of hydrogen-bond donors (Lipinski definition) is 4. The van der Waals surface area contributed by atoms with Crippen LogP contribution in [0.2, 0.25) is 0 Å². The lowest BCUT2D eigenvalue weighted by Gasteiger charge is -2.23. The SMILES string of the molecule is CC(C)C[C@@H](CO)NC(=O)[C@@H](O)[C@H](N)Cc1ccc(S(C)(=O)=O)cc1. The summed E-state index contributed by atoms with van der Waals surface area (Å²) >= 11 is 0. The Labute approximate surface area is 149 Å². The summed E-state index contributed by atoms with van der Waals surface area (Å²) in [7, 11) is -3.27. The summed E-state index contributed by atoms with van der Waals surface area (Å²) in [4.78, 5) is 12.3. The van der Waals surface area contributed by atoms with Crippen LogP contribution in [0.4, 0.5) is 0 Å². The van der Waals surface area contributed by atoms with E-state index in [1.54, 1.807) is 12.1 Å². The van der Waals surface area contributed by atoms with Crippen LogP contribution in [-0.2, 0) is 21.1 Å². The topological polar surface area (TPSA) is 130 Å². The van der Waals surface area contributed by atoms with Gasteiger partial charge < -0.3 is 21.3 Å². The van der Waals surface area contributed by atoms with Gasteiger partial charge in [-0.1, -0.05) is 26.0 Å². The third kappa shape index (κ3) is 7.11. The fourth-order valence-corrected chi connectivity index (χ4v) is 3.12. The number of benzene rings is 1. The van der Waals surface area contributed by atoms with Gasteiger partial charge in [-0.3, -0.25) is 4.79 Å². The Morgan fingerprint density at radius 3 is 2.24 bits per heavy atom. The third-order valence-electron chi connectivity index (χ3n) is 3.82. The molecule has 0 heterocycles. The first-order chi connectivity index (χ1) is 11.5. The van der Waals surface area contributed by atoms with Crippen molar-refractivity contribution in [2.75, 3.05) is 12.9 Å². The van der Waals surface area contributed by atoms with Gasteiger partial charge in [-0.05, 0) is 36.5 Å². The van der Waals surface area contributed by atoms with Crippen molar-refractivity contribution in [1.82, 2.24) is 5.32 Å². The zero-order valence-corrected chi connectivity index (χ0v) is 15.7. The van der Waals surface area contributed by atoms with Crippen LogP contribution in [0.5, 0.6) is 0 Å². The highest BCUT2D eigenvalue weighted by Crippen LogP contribution is 2.12. The molecule has 0 aromatic heterocycles. The fraction of sp³-hybridized carbons (Fsp3) is 0.588. The van der Waals surface area contributed by atoms with Crippen molar-refractivity contribution in [1.29, 1.82) is 0 Å². The van der Waals surface area contributed by atoms with Gasteiger partial charge in [0.05, 0.1) is 17.5 Å². The highest BCUT2D eigenvalue weighted by Gasteiger charge is 2.25. The predicted octanol–water partition coefficient (Wildman–Crippen LogP) is -0.156. The van der Waals surface area contributed by atoms with Crippen molar-refractivity contribution in [2.45, 2.75) is 49.8 Å². The molecular formula is C17H28N2O5S. The predicted molar refractivity (Wildman–Crippen MR) is 95.7 cm³/mol. The van der Waals surface area contributed by atoms with E-state index in [2.05, 4.69) is 5.32 Å². The molecule has 142 valence electrons. The fourth-order valence-electron chi connectivity index (χ4n) is 2.49. The van der Waals surface area contributed by atoms with Crippen LogP contribution in [0, 0.1) is 5.92 Å². The monoisotopic (exact) mass is 372 g/mol. The molecule has 0 unspecified atom stereocenters. The van der Waals surface area contributed by atoms with Crippen molar-refractivity contribution in [2.24, 2.45) is 11.7 Å². The molecule has 0 bridgehead atoms. The van der Waals surface area contributed by atoms with Crippen molar-refractivity contribution >= 4 is 15.7 Å². The Balaban J connectivity index is 2.66. The molecule has 3 atom stereocenters. The number of carbonyl (C=O) groups excluding carboxylic acids is 1. The Morgan fingerprint density at radius 2 is 1.80 bits per heavy atom. The van der Waals surface area contributed by atoms with E-state index in [4.69, 9.17) is 5.73 Å². The normalized spacial score (nSPS) is 15.6. The molecule has 8 heteroatoms. The maximum absolute atomic E-state index is 12.1. The zero-order chi connectivity index (χ0) is 19.2. The minimum atomic E-state index is -3.27. The van der Waals surface area contributed by atoms with Gasteiger partial charge >= 0.3 is 0 Å². The summed E-state index contributed by atoms with van der Waals surface area (Å²) in [6.07, 6.45) is 0.510. The van der Waals surface area contributed by atoms with Crippen molar-refractivity contribution in [3.05, 3.63) is 29.8 Å². The molecule has 0 spiro atoms. The third-order valence-corrected chi connectivity index (χ3v) is 4.95. The lowest BCUT2D eigenvalue weighted by molar-refractivity contribution is -0.131. The van der Waals surface area contributed by atoms with Crippen LogP contribution < -0.4 is 11.1 Å². The van der Waals surface area contributed by atoms with E-state index in [0.717, 1.165) is 6.26 Å². The molecule has 0 aliphatic heterocycles. The maximum atomic E-state index is 12.1. The number of hydrogen-bond acceptors (Lipinski definition) is 6. The Bertz CT molecular complexity index is 658. The molecule has 0 aliphatic rings. The number of nitrogens with one attached hydrogen (secondary N) is 1. The minimum absolute atomic E-state index is 0.197. The summed E-state index contributed by atoms with van der Waals surface area (Å²) in [6.45, 7) is 3.73. The summed E-state index contributed by atoms with van der Waals surface area (Å²) in [5.74, 6) is -0.336. The Morgan fingerprint density at radius 1 is 1.24 bits per heavy atom. The van der Waals surface area contributed by atoms with Crippen LogP contribution in [-0.4, -0.2) is 55.6 Å². The number of carbonyl (C=O) groups is 1. The average molecular weight is 372 g/mol. The second kappa shape index (κ2) is 9.28. The summed E-state index contributed by atoms with van der Waals surface area (Å²) < 4.78 is 22.9. The molecule has 0 fully saturated rings. The molecule has 1 aromatic rings. The van der Waals surface area contributed by atoms with Gasteiger partial charge in [0.1, 0.15) is 6.10 Å². The van der Waals surface area contributed by atoms with Crippen molar-refractivity contribution in [3.63, 3.8) is 0 Å². The van der Waals surface area contributed by atoms with Crippen molar-refractivity contribution < 1.29 is 23.4 Å². The van der Waals surface area contributed by atoms with E-state index < -0.39 is 33.9 Å². The van der Waals surface area contributed by atoms with E-state index in [1.165, 1.54) is 12.1 Å². The lowest BCUT2D eigenvalue weighted by Crippen LogP contribution is -2.51. The molecule has 5 N–H and O–H groups in total. The molecule has 1 rings (SSSR count). The van der Waals surface area contributed by atoms with E-state index in [1.807, 2.05) is 13.8 Å². The quantitative estimate of drug-likeness (QED) is 0.477. The van der Waals surface area contributed by atoms with Gasteiger partial charge in [0.2, 0.25) is 0 Å². The van der Waals surface area contributed by atoms with Gasteiger partial charge in [0.25, 0.3) is 5.91 Å². The van der Waals surface area contributed by atoms with Crippen LogP contribution in [0.25, 0.3) is 0 Å². The van der Waals surface area contributed by atoms with Crippen LogP contribution in [0.3, 0.4) is 0 Å². The average Bonchev–Trinajstić information content (AvgIpc) is 2.52. The number of nitrogens with two attached hydrogens (primary N) is 1. The second-order valence-corrected chi connectivity index (χ2v) is 8.76. The first-order valence-corrected chi connectivity index (χ1v) is 10.1. The number of sulfone groups is 1. The largest absolute Gasteiger partial charge is 0.394 e. The Kier molecular flexibility index (Phi) is 8.01. The minimum Gasteiger partial charge on any atom is -0.394 e. The van der Waals surface area contributed by atoms with Gasteiger partial charge in [0, 0.05) is 12.3 Å². The molecule has 25 heavy (non-hydrogen) atoms. The molecule has 0 aliphatic carbocycles.